The average Bonchev–Trinajstić information content (AvgIpc) is 3.04. The van der Waals surface area contributed by atoms with Crippen LogP contribution in [-0.4, -0.2) is 20.6 Å². The molecule has 7 nitrogen and oxygen atoms in total. The molecule has 1 atom stereocenters. The van der Waals surface area contributed by atoms with E-state index in [-0.39, 0.29) is 11.6 Å². The molecule has 2 aromatic carbocycles. The maximum atomic E-state index is 12.3. The third-order valence-corrected chi connectivity index (χ3v) is 3.59. The standard InChI is InChI=1S/C16H14N4O3/c1-11(19-10-15(9-17-19)20(22)23)16(21)18-14-7-6-12-4-2-3-5-13(12)8-14/h2-11H,1H3,(H,18,21)/t11-/m0/s1. The third kappa shape index (κ3) is 3.03. The number of nitro groups is 1. The van der Waals surface area contributed by atoms with Crippen molar-refractivity contribution in [3.05, 3.63) is 65.0 Å². The van der Waals surface area contributed by atoms with E-state index in [9.17, 15) is 14.9 Å². The summed E-state index contributed by atoms with van der Waals surface area (Å²) in [4.78, 5) is 22.4. The number of hydrogen-bond donors (Lipinski definition) is 1. The van der Waals surface area contributed by atoms with Gasteiger partial charge in [0, 0.05) is 5.69 Å². The van der Waals surface area contributed by atoms with Crippen LogP contribution in [-0.2, 0) is 4.79 Å². The SMILES string of the molecule is C[C@@H](C(=O)Nc1ccc2ccccc2c1)n1cc([N+](=O)[O-])cn1. The van der Waals surface area contributed by atoms with Gasteiger partial charge in [-0.2, -0.15) is 5.10 Å². The molecule has 23 heavy (non-hydrogen) atoms. The second-order valence-electron chi connectivity index (χ2n) is 5.16. The van der Waals surface area contributed by atoms with Gasteiger partial charge in [-0.1, -0.05) is 30.3 Å². The highest BCUT2D eigenvalue weighted by Crippen LogP contribution is 2.20. The number of hydrogen-bond acceptors (Lipinski definition) is 4. The van der Waals surface area contributed by atoms with Gasteiger partial charge >= 0.3 is 5.69 Å². The Labute approximate surface area is 131 Å². The van der Waals surface area contributed by atoms with E-state index < -0.39 is 11.0 Å². The first-order valence-electron chi connectivity index (χ1n) is 7.03. The van der Waals surface area contributed by atoms with Gasteiger partial charge < -0.3 is 5.32 Å². The molecule has 0 saturated carbocycles. The Morgan fingerprint density at radius 2 is 2.00 bits per heavy atom. The van der Waals surface area contributed by atoms with Crippen molar-refractivity contribution in [2.24, 2.45) is 0 Å². The minimum Gasteiger partial charge on any atom is -0.324 e. The zero-order chi connectivity index (χ0) is 16.4. The van der Waals surface area contributed by atoms with Crippen LogP contribution in [0.2, 0.25) is 0 Å². The summed E-state index contributed by atoms with van der Waals surface area (Å²) in [7, 11) is 0. The Morgan fingerprint density at radius 1 is 1.26 bits per heavy atom. The summed E-state index contributed by atoms with van der Waals surface area (Å²) in [5, 5.41) is 19.4. The summed E-state index contributed by atoms with van der Waals surface area (Å²) < 4.78 is 1.27. The van der Waals surface area contributed by atoms with E-state index in [4.69, 9.17) is 0 Å². The predicted octanol–water partition coefficient (Wildman–Crippen LogP) is 3.14. The molecule has 0 spiro atoms. The van der Waals surface area contributed by atoms with Crippen molar-refractivity contribution in [1.29, 1.82) is 0 Å². The molecule has 3 aromatic rings. The molecular weight excluding hydrogens is 296 g/mol. The molecule has 3 rings (SSSR count). The van der Waals surface area contributed by atoms with Gasteiger partial charge in [-0.15, -0.1) is 0 Å². The number of carbonyl (C=O) groups excluding carboxylic acids is 1. The van der Waals surface area contributed by atoms with Crippen molar-refractivity contribution in [3.8, 4) is 0 Å². The van der Waals surface area contributed by atoms with Crippen LogP contribution in [0.25, 0.3) is 10.8 Å². The van der Waals surface area contributed by atoms with E-state index in [1.165, 1.54) is 10.9 Å². The number of amides is 1. The molecule has 0 aliphatic rings. The van der Waals surface area contributed by atoms with Gasteiger partial charge in [0.25, 0.3) is 0 Å². The fraction of sp³-hybridized carbons (Fsp3) is 0.125. The third-order valence-electron chi connectivity index (χ3n) is 3.59. The summed E-state index contributed by atoms with van der Waals surface area (Å²) in [5.41, 5.74) is 0.526. The van der Waals surface area contributed by atoms with Gasteiger partial charge in [-0.3, -0.25) is 19.6 Å². The Balaban J connectivity index is 1.77. The number of aromatic nitrogens is 2. The molecule has 1 aromatic heterocycles. The monoisotopic (exact) mass is 310 g/mol. The molecule has 1 amide bonds. The molecule has 1 N–H and O–H groups in total. The zero-order valence-electron chi connectivity index (χ0n) is 12.3. The van der Waals surface area contributed by atoms with Gasteiger partial charge in [0.1, 0.15) is 18.4 Å². The lowest BCUT2D eigenvalue weighted by atomic mass is 10.1. The van der Waals surface area contributed by atoms with Crippen LogP contribution in [0.3, 0.4) is 0 Å². The number of anilines is 1. The zero-order valence-corrected chi connectivity index (χ0v) is 12.3. The molecule has 0 saturated heterocycles. The highest BCUT2D eigenvalue weighted by Gasteiger charge is 2.19. The predicted molar refractivity (Wildman–Crippen MR) is 86.2 cm³/mol. The lowest BCUT2D eigenvalue weighted by Crippen LogP contribution is -2.23. The van der Waals surface area contributed by atoms with Crippen molar-refractivity contribution in [3.63, 3.8) is 0 Å². The number of fused-ring (bicyclic) bond motifs is 1. The van der Waals surface area contributed by atoms with Crippen molar-refractivity contribution in [1.82, 2.24) is 9.78 Å². The molecule has 0 aliphatic heterocycles. The van der Waals surface area contributed by atoms with E-state index >= 15 is 0 Å². The van der Waals surface area contributed by atoms with Gasteiger partial charge in [0.05, 0.1) is 4.92 Å². The summed E-state index contributed by atoms with van der Waals surface area (Å²) in [5.74, 6) is -0.293. The fourth-order valence-electron chi connectivity index (χ4n) is 2.27. The summed E-state index contributed by atoms with van der Waals surface area (Å²) in [6.45, 7) is 1.63. The van der Waals surface area contributed by atoms with Crippen LogP contribution >= 0.6 is 0 Å². The first-order chi connectivity index (χ1) is 11.0. The Morgan fingerprint density at radius 3 is 2.70 bits per heavy atom. The summed E-state index contributed by atoms with van der Waals surface area (Å²) >= 11 is 0. The molecule has 0 unspecified atom stereocenters. The molecule has 0 fully saturated rings. The van der Waals surface area contributed by atoms with Crippen molar-refractivity contribution in [2.75, 3.05) is 5.32 Å². The molecule has 116 valence electrons. The number of carbonyl (C=O) groups is 1. The summed E-state index contributed by atoms with van der Waals surface area (Å²) in [6.07, 6.45) is 2.37. The highest BCUT2D eigenvalue weighted by atomic mass is 16.6. The molecule has 7 heteroatoms. The number of nitrogens with one attached hydrogen (secondary N) is 1. The minimum atomic E-state index is -0.657. The normalized spacial score (nSPS) is 12.0. The van der Waals surface area contributed by atoms with Crippen LogP contribution in [0.1, 0.15) is 13.0 Å². The summed E-state index contributed by atoms with van der Waals surface area (Å²) in [6, 6.07) is 12.8. The van der Waals surface area contributed by atoms with Gasteiger partial charge in [0.15, 0.2) is 0 Å². The van der Waals surface area contributed by atoms with E-state index in [2.05, 4.69) is 10.4 Å². The van der Waals surface area contributed by atoms with Crippen molar-refractivity contribution >= 4 is 28.1 Å². The first-order valence-corrected chi connectivity index (χ1v) is 7.03. The average molecular weight is 310 g/mol. The number of rotatable bonds is 4. The first kappa shape index (κ1) is 14.7. The second kappa shape index (κ2) is 5.88. The van der Waals surface area contributed by atoms with E-state index in [0.29, 0.717) is 5.69 Å². The number of nitrogens with zero attached hydrogens (tertiary/aromatic N) is 3. The molecule has 1 heterocycles. The molecule has 0 radical (unpaired) electrons. The Hall–Kier alpha value is -3.22. The van der Waals surface area contributed by atoms with E-state index in [1.807, 2.05) is 42.5 Å². The van der Waals surface area contributed by atoms with Crippen LogP contribution in [0, 0.1) is 10.1 Å². The minimum absolute atomic E-state index is 0.143. The van der Waals surface area contributed by atoms with E-state index in [1.54, 1.807) is 6.92 Å². The largest absolute Gasteiger partial charge is 0.324 e. The van der Waals surface area contributed by atoms with Gasteiger partial charge in [-0.25, -0.2) is 0 Å². The maximum absolute atomic E-state index is 12.3. The van der Waals surface area contributed by atoms with Crippen LogP contribution in [0.15, 0.2) is 54.9 Å². The molecular formula is C16H14N4O3. The Bertz CT molecular complexity index is 888. The van der Waals surface area contributed by atoms with Crippen LogP contribution < -0.4 is 5.32 Å². The van der Waals surface area contributed by atoms with Gasteiger partial charge in [0.2, 0.25) is 5.91 Å². The maximum Gasteiger partial charge on any atom is 0.307 e. The van der Waals surface area contributed by atoms with E-state index in [0.717, 1.165) is 17.0 Å². The lowest BCUT2D eigenvalue weighted by molar-refractivity contribution is -0.385. The topological polar surface area (TPSA) is 90.1 Å². The smallest absolute Gasteiger partial charge is 0.307 e. The van der Waals surface area contributed by atoms with Crippen molar-refractivity contribution in [2.45, 2.75) is 13.0 Å². The van der Waals surface area contributed by atoms with Crippen LogP contribution in [0.4, 0.5) is 11.4 Å². The van der Waals surface area contributed by atoms with Crippen LogP contribution in [0.5, 0.6) is 0 Å². The Kier molecular flexibility index (Phi) is 3.76. The lowest BCUT2D eigenvalue weighted by Gasteiger charge is -2.12. The number of benzene rings is 2. The second-order valence-corrected chi connectivity index (χ2v) is 5.16. The fourth-order valence-corrected chi connectivity index (χ4v) is 2.27. The van der Waals surface area contributed by atoms with Crippen molar-refractivity contribution < 1.29 is 9.72 Å². The molecule has 0 bridgehead atoms. The quantitative estimate of drug-likeness (QED) is 0.592. The highest BCUT2D eigenvalue weighted by molar-refractivity contribution is 5.96. The van der Waals surface area contributed by atoms with Gasteiger partial charge in [-0.05, 0) is 29.8 Å². The molecule has 0 aliphatic carbocycles.